The van der Waals surface area contributed by atoms with Crippen LogP contribution in [0.4, 0.5) is 18.9 Å². The molecule has 2 heterocycles. The normalized spacial score (nSPS) is 21.8. The molecule has 11 heteroatoms. The minimum absolute atomic E-state index is 0.0340. The molecular weight excluding hydrogens is 599 g/mol. The van der Waals surface area contributed by atoms with E-state index in [0.717, 1.165) is 44.6 Å². The van der Waals surface area contributed by atoms with Crippen molar-refractivity contribution >= 4 is 17.6 Å². The van der Waals surface area contributed by atoms with Crippen LogP contribution in [0, 0.1) is 11.8 Å². The van der Waals surface area contributed by atoms with Crippen molar-refractivity contribution in [1.82, 2.24) is 9.97 Å². The third-order valence-electron chi connectivity index (χ3n) is 9.12. The van der Waals surface area contributed by atoms with Gasteiger partial charge in [0.15, 0.2) is 0 Å². The van der Waals surface area contributed by atoms with Gasteiger partial charge < -0.3 is 19.1 Å². The number of benzene rings is 1. The molecule has 5 rings (SSSR count). The van der Waals surface area contributed by atoms with E-state index in [1.807, 2.05) is 0 Å². The van der Waals surface area contributed by atoms with Gasteiger partial charge in [0.2, 0.25) is 11.8 Å². The Morgan fingerprint density at radius 2 is 1.67 bits per heavy atom. The lowest BCUT2D eigenvalue weighted by Gasteiger charge is -2.40. The Bertz CT molecular complexity index is 1500. The Morgan fingerprint density at radius 1 is 0.935 bits per heavy atom. The molecule has 0 spiro atoms. The minimum Gasteiger partial charge on any atom is -0.465 e. The van der Waals surface area contributed by atoms with Crippen molar-refractivity contribution in [3.8, 4) is 11.6 Å². The quantitative estimate of drug-likeness (QED) is 0.221. The highest BCUT2D eigenvalue weighted by Gasteiger charge is 2.38. The summed E-state index contributed by atoms with van der Waals surface area (Å²) in [6, 6.07) is 10.4. The summed E-state index contributed by atoms with van der Waals surface area (Å²) in [5.41, 5.74) is 0.258. The number of halogens is 3. The number of esters is 1. The van der Waals surface area contributed by atoms with Gasteiger partial charge >= 0.3 is 12.1 Å². The molecule has 3 aromatic rings. The van der Waals surface area contributed by atoms with Crippen LogP contribution in [0.2, 0.25) is 0 Å². The molecular formula is C35H40F3N3O5. The van der Waals surface area contributed by atoms with Crippen molar-refractivity contribution < 1.29 is 37.0 Å². The third-order valence-corrected chi connectivity index (χ3v) is 9.12. The van der Waals surface area contributed by atoms with Gasteiger partial charge in [0.05, 0.1) is 24.5 Å². The number of hydrogen-bond acceptors (Lipinski definition) is 7. The van der Waals surface area contributed by atoms with Gasteiger partial charge in [-0.15, -0.1) is 0 Å². The minimum atomic E-state index is -4.75. The second-order valence-corrected chi connectivity index (χ2v) is 12.3. The molecule has 2 aromatic heterocycles. The van der Waals surface area contributed by atoms with E-state index in [2.05, 4.69) is 16.9 Å². The van der Waals surface area contributed by atoms with Crippen molar-refractivity contribution in [2.24, 2.45) is 11.8 Å². The first-order valence-electron chi connectivity index (χ1n) is 15.8. The summed E-state index contributed by atoms with van der Waals surface area (Å²) in [6.45, 7) is 2.19. The number of alkyl halides is 3. The van der Waals surface area contributed by atoms with E-state index in [4.69, 9.17) is 14.2 Å². The van der Waals surface area contributed by atoms with Gasteiger partial charge in [0, 0.05) is 43.6 Å². The summed E-state index contributed by atoms with van der Waals surface area (Å²) in [6.07, 6.45) is 4.74. The lowest BCUT2D eigenvalue weighted by molar-refractivity contribution is -0.139. The molecule has 2 saturated carbocycles. The number of carbonyl (C=O) groups is 2. The SMILES string of the molecule is COC(=O)c1cc(Oc2ncc(Cc3ccccn3)cc2C(F)(F)F)ccc1N(C(=O)[C@H]1CC[C@H](C)CC1)C1CCC(OC)CC1. The van der Waals surface area contributed by atoms with Crippen LogP contribution in [-0.2, 0) is 26.9 Å². The van der Waals surface area contributed by atoms with Crippen molar-refractivity contribution in [1.29, 1.82) is 0 Å². The molecule has 46 heavy (non-hydrogen) atoms. The maximum atomic E-state index is 14.2. The van der Waals surface area contributed by atoms with Crippen molar-refractivity contribution in [2.75, 3.05) is 19.1 Å². The fourth-order valence-corrected chi connectivity index (χ4v) is 6.50. The predicted molar refractivity (Wildman–Crippen MR) is 166 cm³/mol. The van der Waals surface area contributed by atoms with Crippen LogP contribution in [0.5, 0.6) is 11.6 Å². The molecule has 2 aliphatic carbocycles. The van der Waals surface area contributed by atoms with E-state index < -0.39 is 23.6 Å². The van der Waals surface area contributed by atoms with Crippen molar-refractivity contribution in [3.63, 3.8) is 0 Å². The highest BCUT2D eigenvalue weighted by atomic mass is 19.4. The first kappa shape index (κ1) is 33.4. The van der Waals surface area contributed by atoms with Gasteiger partial charge in [-0.25, -0.2) is 9.78 Å². The van der Waals surface area contributed by atoms with Crippen LogP contribution in [0.25, 0.3) is 0 Å². The summed E-state index contributed by atoms with van der Waals surface area (Å²) in [7, 11) is 2.90. The molecule has 0 N–H and O–H groups in total. The summed E-state index contributed by atoms with van der Waals surface area (Å²) < 4.78 is 58.9. The number of ether oxygens (including phenoxy) is 3. The zero-order chi connectivity index (χ0) is 32.8. The van der Waals surface area contributed by atoms with E-state index in [-0.39, 0.29) is 41.7 Å². The number of methoxy groups -OCH3 is 2. The molecule has 0 bridgehead atoms. The van der Waals surface area contributed by atoms with E-state index in [1.54, 1.807) is 42.5 Å². The smallest absolute Gasteiger partial charge is 0.421 e. The van der Waals surface area contributed by atoms with E-state index >= 15 is 0 Å². The summed E-state index contributed by atoms with van der Waals surface area (Å²) in [5.74, 6) is -1.09. The number of rotatable bonds is 9. The Hall–Kier alpha value is -3.99. The highest BCUT2D eigenvalue weighted by molar-refractivity contribution is 6.04. The number of carbonyl (C=O) groups excluding carboxylic acids is 2. The molecule has 8 nitrogen and oxygen atoms in total. The molecule has 0 saturated heterocycles. The van der Waals surface area contributed by atoms with Crippen LogP contribution in [0.15, 0.2) is 54.9 Å². The van der Waals surface area contributed by atoms with Gasteiger partial charge in [0.1, 0.15) is 11.3 Å². The second kappa shape index (κ2) is 14.6. The topological polar surface area (TPSA) is 90.9 Å². The predicted octanol–water partition coefficient (Wildman–Crippen LogP) is 7.78. The lowest BCUT2D eigenvalue weighted by Crippen LogP contribution is -2.47. The molecule has 0 unspecified atom stereocenters. The number of hydrogen-bond donors (Lipinski definition) is 0. The second-order valence-electron chi connectivity index (χ2n) is 12.3. The number of nitrogens with zero attached hydrogens (tertiary/aromatic N) is 3. The Kier molecular flexibility index (Phi) is 10.6. The van der Waals surface area contributed by atoms with E-state index in [9.17, 15) is 22.8 Å². The van der Waals surface area contributed by atoms with Gasteiger partial charge in [-0.1, -0.05) is 13.0 Å². The van der Waals surface area contributed by atoms with Crippen LogP contribution in [0.3, 0.4) is 0 Å². The van der Waals surface area contributed by atoms with E-state index in [0.29, 0.717) is 35.7 Å². The van der Waals surface area contributed by atoms with Crippen LogP contribution in [0.1, 0.15) is 85.5 Å². The first-order valence-corrected chi connectivity index (χ1v) is 15.8. The average molecular weight is 640 g/mol. The Morgan fingerprint density at radius 3 is 2.30 bits per heavy atom. The molecule has 0 radical (unpaired) electrons. The average Bonchev–Trinajstić information content (AvgIpc) is 3.06. The lowest BCUT2D eigenvalue weighted by atomic mass is 9.81. The van der Waals surface area contributed by atoms with Crippen molar-refractivity contribution in [3.05, 3.63) is 77.2 Å². The van der Waals surface area contributed by atoms with E-state index in [1.165, 1.54) is 25.4 Å². The summed E-state index contributed by atoms with van der Waals surface area (Å²) in [5, 5.41) is 0. The molecule has 0 atom stereocenters. The first-order chi connectivity index (χ1) is 22.1. The zero-order valence-corrected chi connectivity index (χ0v) is 26.4. The fraction of sp³-hybridized carbons (Fsp3) is 0.486. The largest absolute Gasteiger partial charge is 0.465 e. The summed E-state index contributed by atoms with van der Waals surface area (Å²) in [4.78, 5) is 37.3. The number of amides is 1. The Balaban J connectivity index is 1.49. The molecule has 1 aromatic carbocycles. The van der Waals surface area contributed by atoms with Gasteiger partial charge in [-0.05, 0) is 99.2 Å². The maximum Gasteiger partial charge on any atom is 0.421 e. The van der Waals surface area contributed by atoms with Gasteiger partial charge in [0.25, 0.3) is 0 Å². The van der Waals surface area contributed by atoms with Crippen LogP contribution >= 0.6 is 0 Å². The van der Waals surface area contributed by atoms with Crippen molar-refractivity contribution in [2.45, 2.75) is 83.0 Å². The van der Waals surface area contributed by atoms with Gasteiger partial charge in [-0.3, -0.25) is 9.78 Å². The monoisotopic (exact) mass is 639 g/mol. The molecule has 1 amide bonds. The molecule has 0 aliphatic heterocycles. The maximum absolute atomic E-state index is 14.2. The highest BCUT2D eigenvalue weighted by Crippen LogP contribution is 2.40. The molecule has 2 aliphatic rings. The molecule has 2 fully saturated rings. The number of anilines is 1. The summed E-state index contributed by atoms with van der Waals surface area (Å²) >= 11 is 0. The molecule has 246 valence electrons. The van der Waals surface area contributed by atoms with Crippen LogP contribution < -0.4 is 9.64 Å². The number of aromatic nitrogens is 2. The van der Waals surface area contributed by atoms with Gasteiger partial charge in [-0.2, -0.15) is 13.2 Å². The Labute approximate surface area is 267 Å². The zero-order valence-electron chi connectivity index (χ0n) is 26.4. The van der Waals surface area contributed by atoms with Crippen LogP contribution in [-0.4, -0.2) is 48.2 Å². The standard InChI is InChI=1S/C35H40F3N3O5/c1-22-7-9-24(10-8-22)33(42)41(26-11-13-27(44-2)14-12-26)31-16-15-28(20-29(31)34(43)45-3)46-32-30(35(36,37)38)19-23(21-40-32)18-25-6-4-5-17-39-25/h4-6,15-17,19-22,24,26-27H,7-14,18H2,1-3H3/t22-,24-,26?,27?. The number of pyridine rings is 2. The third kappa shape index (κ3) is 7.86. The fourth-order valence-electron chi connectivity index (χ4n) is 6.50.